The molecule has 0 spiro atoms. The molecule has 1 aromatic carbocycles. The third kappa shape index (κ3) is 4.16. The number of aromatic hydroxyl groups is 1. The van der Waals surface area contributed by atoms with Crippen LogP contribution in [0.15, 0.2) is 30.5 Å². The smallest absolute Gasteiger partial charge is 0.335 e. The lowest BCUT2D eigenvalue weighted by Crippen LogP contribution is -2.22. The second-order valence-electron chi connectivity index (χ2n) is 7.85. The lowest BCUT2D eigenvalue weighted by Gasteiger charge is -2.16. The molecule has 0 amide bonds. The van der Waals surface area contributed by atoms with Crippen LogP contribution in [0, 0.1) is 5.41 Å². The van der Waals surface area contributed by atoms with Crippen LogP contribution in [0.3, 0.4) is 0 Å². The van der Waals surface area contributed by atoms with Gasteiger partial charge in [-0.1, -0.05) is 32.9 Å². The van der Waals surface area contributed by atoms with Gasteiger partial charge >= 0.3 is 5.97 Å². The molecule has 4 N–H and O–H groups in total. The minimum absolute atomic E-state index is 0.0966. The summed E-state index contributed by atoms with van der Waals surface area (Å²) < 4.78 is 0. The summed E-state index contributed by atoms with van der Waals surface area (Å²) in [5.74, 6) is -1.75. The Bertz CT molecular complexity index is 1100. The Hall–Kier alpha value is -3.55. The molecule has 0 aliphatic rings. The summed E-state index contributed by atoms with van der Waals surface area (Å²) in [7, 11) is 0. The van der Waals surface area contributed by atoms with Crippen LogP contribution >= 0.6 is 0 Å². The van der Waals surface area contributed by atoms with Crippen LogP contribution in [-0.2, 0) is 12.8 Å². The Morgan fingerprint density at radius 2 is 1.72 bits per heavy atom. The normalized spacial score (nSPS) is 11.6. The van der Waals surface area contributed by atoms with E-state index in [0.29, 0.717) is 24.1 Å². The summed E-state index contributed by atoms with van der Waals surface area (Å²) in [4.78, 5) is 35.7. The predicted molar refractivity (Wildman–Crippen MR) is 108 cm³/mol. The van der Waals surface area contributed by atoms with E-state index in [4.69, 9.17) is 10.8 Å². The van der Waals surface area contributed by atoms with Crippen molar-refractivity contribution >= 4 is 28.5 Å². The van der Waals surface area contributed by atoms with Gasteiger partial charge in [0, 0.05) is 11.6 Å². The van der Waals surface area contributed by atoms with E-state index in [2.05, 4.69) is 15.0 Å². The van der Waals surface area contributed by atoms with Crippen LogP contribution < -0.4 is 5.73 Å². The maximum atomic E-state index is 12.4. The standard InChI is InChI=1S/C21H22N4O4/c1-21(2,3)16(26)18-24-17-14(19(27)25-18)15(22)13(10-23-17)9-6-11-4-7-12(8-5-11)20(28)29/h4-5,7-8,10H,6,9H2,1-3H3,(H,28,29)(H3,22,23,24,25,27). The number of carboxylic acids is 1. The maximum Gasteiger partial charge on any atom is 0.335 e. The number of aromatic nitrogens is 3. The van der Waals surface area contributed by atoms with Gasteiger partial charge in [-0.15, -0.1) is 0 Å². The van der Waals surface area contributed by atoms with Crippen LogP contribution in [0.4, 0.5) is 5.69 Å². The number of nitrogens with zero attached hydrogens (tertiary/aromatic N) is 3. The fourth-order valence-corrected chi connectivity index (χ4v) is 2.87. The number of hydrogen-bond acceptors (Lipinski definition) is 7. The molecule has 8 nitrogen and oxygen atoms in total. The molecule has 29 heavy (non-hydrogen) atoms. The van der Waals surface area contributed by atoms with Crippen molar-refractivity contribution in [2.24, 2.45) is 5.41 Å². The first-order chi connectivity index (χ1) is 13.6. The summed E-state index contributed by atoms with van der Waals surface area (Å²) in [5.41, 5.74) is 7.87. The number of carbonyl (C=O) groups excluding carboxylic acids is 1. The number of aromatic carboxylic acids is 1. The largest absolute Gasteiger partial charge is 0.493 e. The number of nitrogens with two attached hydrogens (primary N) is 1. The number of nitrogen functional groups attached to an aromatic ring is 1. The number of benzene rings is 1. The topological polar surface area (TPSA) is 139 Å². The van der Waals surface area contributed by atoms with E-state index in [1.807, 2.05) is 0 Å². The molecule has 3 aromatic rings. The highest BCUT2D eigenvalue weighted by Crippen LogP contribution is 2.30. The van der Waals surface area contributed by atoms with Gasteiger partial charge in [0.05, 0.1) is 11.3 Å². The Balaban J connectivity index is 1.89. The number of aryl methyl sites for hydroxylation is 2. The summed E-state index contributed by atoms with van der Waals surface area (Å²) in [5, 5.41) is 19.5. The van der Waals surface area contributed by atoms with Gasteiger partial charge in [-0.2, -0.15) is 4.98 Å². The molecule has 2 aromatic heterocycles. The monoisotopic (exact) mass is 394 g/mol. The summed E-state index contributed by atoms with van der Waals surface area (Å²) in [6.45, 7) is 5.23. The second kappa shape index (κ2) is 7.46. The lowest BCUT2D eigenvalue weighted by molar-refractivity contribution is 0.0696. The van der Waals surface area contributed by atoms with Gasteiger partial charge in [-0.25, -0.2) is 14.8 Å². The zero-order valence-corrected chi connectivity index (χ0v) is 16.4. The SMILES string of the molecule is CC(C)(C)C(=O)c1nc(O)c2c(N)c(CCc3ccc(C(=O)O)cc3)cnc2n1. The van der Waals surface area contributed by atoms with Gasteiger partial charge in [0.15, 0.2) is 5.65 Å². The molecular weight excluding hydrogens is 372 g/mol. The molecule has 2 heterocycles. The predicted octanol–water partition coefficient (Wildman–Crippen LogP) is 3.02. The van der Waals surface area contributed by atoms with Crippen molar-refractivity contribution in [3.63, 3.8) is 0 Å². The van der Waals surface area contributed by atoms with Crippen molar-refractivity contribution < 1.29 is 19.8 Å². The summed E-state index contributed by atoms with van der Waals surface area (Å²) in [6.07, 6.45) is 2.71. The third-order valence-corrected chi connectivity index (χ3v) is 4.60. The highest BCUT2D eigenvalue weighted by molar-refractivity contribution is 6.00. The van der Waals surface area contributed by atoms with Gasteiger partial charge in [-0.05, 0) is 36.1 Å². The number of Topliss-reactive ketones (excluding diaryl/α,β-unsaturated/α-hetero) is 1. The fraction of sp³-hybridized carbons (Fsp3) is 0.286. The van der Waals surface area contributed by atoms with Crippen molar-refractivity contribution in [2.75, 3.05) is 5.73 Å². The van der Waals surface area contributed by atoms with Crippen LogP contribution in [0.25, 0.3) is 11.0 Å². The highest BCUT2D eigenvalue weighted by atomic mass is 16.4. The Labute approximate surface area is 167 Å². The van der Waals surface area contributed by atoms with Crippen LogP contribution in [-0.4, -0.2) is 36.9 Å². The van der Waals surface area contributed by atoms with Crippen molar-refractivity contribution in [1.82, 2.24) is 15.0 Å². The molecule has 0 bridgehead atoms. The van der Waals surface area contributed by atoms with E-state index in [-0.39, 0.29) is 34.1 Å². The third-order valence-electron chi connectivity index (χ3n) is 4.60. The number of carboxylic acid groups (broad SMARTS) is 1. The molecule has 150 valence electrons. The molecule has 0 saturated heterocycles. The molecule has 3 rings (SSSR count). The molecule has 0 fully saturated rings. The minimum atomic E-state index is -0.973. The first-order valence-corrected chi connectivity index (χ1v) is 9.09. The second-order valence-corrected chi connectivity index (χ2v) is 7.85. The van der Waals surface area contributed by atoms with Gasteiger partial charge < -0.3 is 15.9 Å². The summed E-state index contributed by atoms with van der Waals surface area (Å²) >= 11 is 0. The van der Waals surface area contributed by atoms with E-state index in [1.165, 1.54) is 0 Å². The average Bonchev–Trinajstić information content (AvgIpc) is 2.66. The van der Waals surface area contributed by atoms with E-state index in [9.17, 15) is 14.7 Å². The van der Waals surface area contributed by atoms with E-state index in [0.717, 1.165) is 5.56 Å². The molecule has 0 radical (unpaired) electrons. The number of carbonyl (C=O) groups is 2. The molecule has 0 unspecified atom stereocenters. The molecule has 0 atom stereocenters. The van der Waals surface area contributed by atoms with Crippen molar-refractivity contribution in [3.8, 4) is 5.88 Å². The number of pyridine rings is 1. The van der Waals surface area contributed by atoms with Crippen LogP contribution in [0.5, 0.6) is 5.88 Å². The van der Waals surface area contributed by atoms with Gasteiger partial charge in [0.1, 0.15) is 5.39 Å². The zero-order valence-electron chi connectivity index (χ0n) is 16.4. The van der Waals surface area contributed by atoms with Crippen LogP contribution in [0.1, 0.15) is 52.9 Å². The first-order valence-electron chi connectivity index (χ1n) is 9.09. The lowest BCUT2D eigenvalue weighted by atomic mass is 9.90. The Morgan fingerprint density at radius 3 is 2.31 bits per heavy atom. The molecule has 0 aliphatic carbocycles. The molecule has 8 heteroatoms. The minimum Gasteiger partial charge on any atom is -0.493 e. The van der Waals surface area contributed by atoms with Crippen LogP contribution in [0.2, 0.25) is 0 Å². The quantitative estimate of drug-likeness (QED) is 0.561. The van der Waals surface area contributed by atoms with Crippen molar-refractivity contribution in [2.45, 2.75) is 33.6 Å². The average molecular weight is 394 g/mol. The maximum absolute atomic E-state index is 12.4. The number of fused-ring (bicyclic) bond motifs is 1. The Kier molecular flexibility index (Phi) is 5.19. The fourth-order valence-electron chi connectivity index (χ4n) is 2.87. The first kappa shape index (κ1) is 20.2. The van der Waals surface area contributed by atoms with Gasteiger partial charge in [-0.3, -0.25) is 4.79 Å². The van der Waals surface area contributed by atoms with Crippen molar-refractivity contribution in [1.29, 1.82) is 0 Å². The Morgan fingerprint density at radius 1 is 1.07 bits per heavy atom. The number of anilines is 1. The molecule has 0 aliphatic heterocycles. The van der Waals surface area contributed by atoms with E-state index in [1.54, 1.807) is 51.2 Å². The molecular formula is C21H22N4O4. The van der Waals surface area contributed by atoms with E-state index >= 15 is 0 Å². The molecule has 0 saturated carbocycles. The number of ketones is 1. The number of hydrogen-bond donors (Lipinski definition) is 3. The number of rotatable bonds is 5. The van der Waals surface area contributed by atoms with Crippen molar-refractivity contribution in [3.05, 3.63) is 53.0 Å². The van der Waals surface area contributed by atoms with Gasteiger partial charge in [0.25, 0.3) is 0 Å². The van der Waals surface area contributed by atoms with Gasteiger partial charge in [0.2, 0.25) is 17.5 Å². The zero-order chi connectivity index (χ0) is 21.3. The summed E-state index contributed by atoms with van der Waals surface area (Å²) in [6, 6.07) is 6.60. The highest BCUT2D eigenvalue weighted by Gasteiger charge is 2.27. The van der Waals surface area contributed by atoms with E-state index < -0.39 is 11.4 Å².